The third-order valence-corrected chi connectivity index (χ3v) is 3.39. The zero-order valence-electron chi connectivity index (χ0n) is 9.20. The molecule has 0 saturated carbocycles. The van der Waals surface area contributed by atoms with E-state index in [2.05, 4.69) is 5.32 Å². The summed E-state index contributed by atoms with van der Waals surface area (Å²) in [7, 11) is 0. The minimum absolute atomic E-state index is 0.0689. The van der Waals surface area contributed by atoms with Crippen LogP contribution in [0.5, 0.6) is 0 Å². The number of imide groups is 2. The van der Waals surface area contributed by atoms with Crippen molar-refractivity contribution in [2.45, 2.75) is 26.3 Å². The fourth-order valence-corrected chi connectivity index (χ4v) is 2.22. The molecule has 0 bridgehead atoms. The molecule has 0 aliphatic carbocycles. The summed E-state index contributed by atoms with van der Waals surface area (Å²) in [6.07, 6.45) is 0. The van der Waals surface area contributed by atoms with Crippen molar-refractivity contribution < 1.29 is 19.2 Å². The highest BCUT2D eigenvalue weighted by atomic mass is 32.2. The van der Waals surface area contributed by atoms with Gasteiger partial charge in [-0.25, -0.2) is 9.69 Å². The Bertz CT molecular complexity index is 382. The molecule has 7 heteroatoms. The lowest BCUT2D eigenvalue weighted by atomic mass is 10.0. The van der Waals surface area contributed by atoms with Crippen LogP contribution in [0.4, 0.5) is 4.79 Å². The molecule has 0 aromatic carbocycles. The zero-order chi connectivity index (χ0) is 12.5. The van der Waals surface area contributed by atoms with E-state index in [0.717, 1.165) is 16.7 Å². The first-order valence-corrected chi connectivity index (χ1v) is 5.57. The highest BCUT2D eigenvalue weighted by molar-refractivity contribution is 8.13. The second-order valence-corrected chi connectivity index (χ2v) is 4.82. The van der Waals surface area contributed by atoms with Gasteiger partial charge in [-0.2, -0.15) is 0 Å². The SMILES string of the molecule is CC(=O)SCC1(C)C(=O)NC(=O)N1C(C)=O. The van der Waals surface area contributed by atoms with Gasteiger partial charge < -0.3 is 0 Å². The fourth-order valence-electron chi connectivity index (χ4n) is 1.48. The van der Waals surface area contributed by atoms with Crippen LogP contribution in [0.2, 0.25) is 0 Å². The van der Waals surface area contributed by atoms with Crippen molar-refractivity contribution in [3.05, 3.63) is 0 Å². The number of carbonyl (C=O) groups is 4. The number of rotatable bonds is 2. The molecule has 1 atom stereocenters. The molecule has 1 unspecified atom stereocenters. The maximum absolute atomic E-state index is 11.6. The zero-order valence-corrected chi connectivity index (χ0v) is 10.0. The van der Waals surface area contributed by atoms with E-state index in [-0.39, 0.29) is 10.9 Å². The molecular formula is C9H12N2O4S. The van der Waals surface area contributed by atoms with Crippen molar-refractivity contribution in [3.8, 4) is 0 Å². The standard InChI is InChI=1S/C9H12N2O4S/c1-5(12)11-8(15)10-7(14)9(11,3)4-16-6(2)13/h4H2,1-3H3,(H,10,14,15). The quantitative estimate of drug-likeness (QED) is 0.698. The molecule has 0 aromatic heterocycles. The lowest BCUT2D eigenvalue weighted by Crippen LogP contribution is -2.51. The van der Waals surface area contributed by atoms with Gasteiger partial charge in [0.15, 0.2) is 5.12 Å². The van der Waals surface area contributed by atoms with Gasteiger partial charge in [0.2, 0.25) is 5.91 Å². The van der Waals surface area contributed by atoms with Crippen molar-refractivity contribution in [2.24, 2.45) is 0 Å². The first-order chi connectivity index (χ1) is 7.29. The Morgan fingerprint density at radius 2 is 1.94 bits per heavy atom. The van der Waals surface area contributed by atoms with E-state index < -0.39 is 23.4 Å². The molecule has 16 heavy (non-hydrogen) atoms. The Balaban J connectivity index is 2.96. The number of urea groups is 1. The van der Waals surface area contributed by atoms with Crippen molar-refractivity contribution >= 4 is 34.7 Å². The summed E-state index contributed by atoms with van der Waals surface area (Å²) >= 11 is 0.908. The second-order valence-electron chi connectivity index (χ2n) is 3.67. The van der Waals surface area contributed by atoms with Gasteiger partial charge >= 0.3 is 6.03 Å². The second kappa shape index (κ2) is 4.25. The maximum atomic E-state index is 11.6. The molecule has 6 nitrogen and oxygen atoms in total. The Morgan fingerprint density at radius 1 is 1.38 bits per heavy atom. The van der Waals surface area contributed by atoms with Crippen molar-refractivity contribution in [1.82, 2.24) is 10.2 Å². The fraction of sp³-hybridized carbons (Fsp3) is 0.556. The van der Waals surface area contributed by atoms with Gasteiger partial charge in [0, 0.05) is 19.6 Å². The van der Waals surface area contributed by atoms with Crippen LogP contribution in [0.3, 0.4) is 0 Å². The van der Waals surface area contributed by atoms with E-state index in [1.807, 2.05) is 0 Å². The van der Waals surface area contributed by atoms with E-state index in [1.54, 1.807) is 0 Å². The maximum Gasteiger partial charge on any atom is 0.331 e. The van der Waals surface area contributed by atoms with Gasteiger partial charge in [-0.3, -0.25) is 19.7 Å². The molecule has 1 rings (SSSR count). The van der Waals surface area contributed by atoms with Crippen LogP contribution >= 0.6 is 11.8 Å². The smallest absolute Gasteiger partial charge is 0.288 e. The van der Waals surface area contributed by atoms with Crippen LogP contribution < -0.4 is 5.32 Å². The van der Waals surface area contributed by atoms with Crippen molar-refractivity contribution in [3.63, 3.8) is 0 Å². The number of thioether (sulfide) groups is 1. The van der Waals surface area contributed by atoms with Crippen LogP contribution in [0.1, 0.15) is 20.8 Å². The van der Waals surface area contributed by atoms with Crippen LogP contribution in [0.15, 0.2) is 0 Å². The van der Waals surface area contributed by atoms with Crippen LogP contribution in [-0.4, -0.2) is 39.2 Å². The van der Waals surface area contributed by atoms with E-state index >= 15 is 0 Å². The summed E-state index contributed by atoms with van der Waals surface area (Å²) in [5.74, 6) is -1.00. The van der Waals surface area contributed by atoms with Crippen molar-refractivity contribution in [2.75, 3.05) is 5.75 Å². The van der Waals surface area contributed by atoms with Crippen molar-refractivity contribution in [1.29, 1.82) is 0 Å². The third kappa shape index (κ3) is 2.08. The highest BCUT2D eigenvalue weighted by Crippen LogP contribution is 2.26. The first-order valence-electron chi connectivity index (χ1n) is 4.58. The Morgan fingerprint density at radius 3 is 2.38 bits per heavy atom. The largest absolute Gasteiger partial charge is 0.331 e. The summed E-state index contributed by atoms with van der Waals surface area (Å²) in [4.78, 5) is 45.9. The molecule has 0 spiro atoms. The van der Waals surface area contributed by atoms with E-state index in [9.17, 15) is 19.2 Å². The van der Waals surface area contributed by atoms with Gasteiger partial charge in [-0.15, -0.1) is 0 Å². The average molecular weight is 244 g/mol. The molecule has 4 amide bonds. The molecule has 1 aliphatic rings. The number of hydrogen-bond donors (Lipinski definition) is 1. The minimum Gasteiger partial charge on any atom is -0.288 e. The lowest BCUT2D eigenvalue weighted by Gasteiger charge is -2.28. The van der Waals surface area contributed by atoms with Crippen LogP contribution in [-0.2, 0) is 14.4 Å². The molecule has 1 saturated heterocycles. The summed E-state index contributed by atoms with van der Waals surface area (Å²) in [5.41, 5.74) is -1.28. The minimum atomic E-state index is -1.28. The van der Waals surface area contributed by atoms with E-state index in [0.29, 0.717) is 0 Å². The van der Waals surface area contributed by atoms with E-state index in [1.165, 1.54) is 20.8 Å². The topological polar surface area (TPSA) is 83.6 Å². The normalized spacial score (nSPS) is 24.6. The molecule has 0 aromatic rings. The number of nitrogens with zero attached hydrogens (tertiary/aromatic N) is 1. The number of amides is 4. The number of carbonyl (C=O) groups excluding carboxylic acids is 4. The predicted molar refractivity (Wildman–Crippen MR) is 57.6 cm³/mol. The monoisotopic (exact) mass is 244 g/mol. The number of nitrogens with one attached hydrogen (secondary N) is 1. The molecule has 1 fully saturated rings. The van der Waals surface area contributed by atoms with Crippen LogP contribution in [0.25, 0.3) is 0 Å². The van der Waals surface area contributed by atoms with Gasteiger partial charge in [0.25, 0.3) is 5.91 Å². The van der Waals surface area contributed by atoms with Gasteiger partial charge in [0.1, 0.15) is 5.54 Å². The molecular weight excluding hydrogens is 232 g/mol. The molecule has 1 aliphatic heterocycles. The summed E-state index contributed by atoms with van der Waals surface area (Å²) in [6, 6.07) is -0.732. The summed E-state index contributed by atoms with van der Waals surface area (Å²) in [5, 5.41) is 1.90. The Kier molecular flexibility index (Phi) is 3.37. The summed E-state index contributed by atoms with van der Waals surface area (Å²) in [6.45, 7) is 4.03. The van der Waals surface area contributed by atoms with Gasteiger partial charge in [-0.05, 0) is 6.92 Å². The van der Waals surface area contributed by atoms with E-state index in [4.69, 9.17) is 0 Å². The summed E-state index contributed by atoms with van der Waals surface area (Å²) < 4.78 is 0. The first kappa shape index (κ1) is 12.7. The average Bonchev–Trinajstić information content (AvgIpc) is 2.35. The Hall–Kier alpha value is -1.37. The predicted octanol–water partition coefficient (Wildman–Crippen LogP) is 0.123. The molecule has 1 heterocycles. The van der Waals surface area contributed by atoms with Gasteiger partial charge in [0.05, 0.1) is 0 Å². The Labute approximate surface area is 96.7 Å². The highest BCUT2D eigenvalue weighted by Gasteiger charge is 2.51. The van der Waals surface area contributed by atoms with Gasteiger partial charge in [-0.1, -0.05) is 11.8 Å². The molecule has 88 valence electrons. The third-order valence-electron chi connectivity index (χ3n) is 2.28. The van der Waals surface area contributed by atoms with Crippen LogP contribution in [0, 0.1) is 0 Å². The lowest BCUT2D eigenvalue weighted by molar-refractivity contribution is -0.135. The molecule has 1 N–H and O–H groups in total. The number of hydrogen-bond acceptors (Lipinski definition) is 5. The molecule has 0 radical (unpaired) electrons.